The lowest BCUT2D eigenvalue weighted by molar-refractivity contribution is 0.0251. The van der Waals surface area contributed by atoms with Crippen molar-refractivity contribution in [3.63, 3.8) is 0 Å². The number of fused-ring (bicyclic) bond motifs is 3. The van der Waals surface area contributed by atoms with E-state index >= 15 is 0 Å². The van der Waals surface area contributed by atoms with E-state index in [1.54, 1.807) is 6.20 Å². The summed E-state index contributed by atoms with van der Waals surface area (Å²) in [6.07, 6.45) is 5.86. The third-order valence-corrected chi connectivity index (χ3v) is 7.21. The van der Waals surface area contributed by atoms with E-state index in [4.69, 9.17) is 4.74 Å². The highest BCUT2D eigenvalue weighted by atomic mass is 16.6. The zero-order valence-electron chi connectivity index (χ0n) is 18.6. The van der Waals surface area contributed by atoms with E-state index < -0.39 is 5.60 Å². The van der Waals surface area contributed by atoms with E-state index in [0.29, 0.717) is 5.69 Å². The van der Waals surface area contributed by atoms with E-state index in [-0.39, 0.29) is 5.97 Å². The summed E-state index contributed by atoms with van der Waals surface area (Å²) in [6.45, 7) is 5.29. The minimum atomic E-state index is -1.03. The smallest absolute Gasteiger partial charge is 0.358 e. The number of hydrogen-bond acceptors (Lipinski definition) is 4. The molecule has 2 aliphatic heterocycles. The molecular formula is C27H25N3O2. The summed E-state index contributed by atoms with van der Waals surface area (Å²) < 4.78 is 8.56. The zero-order valence-corrected chi connectivity index (χ0v) is 18.6. The molecule has 160 valence electrons. The molecule has 6 rings (SSSR count). The van der Waals surface area contributed by atoms with Gasteiger partial charge in [-0.2, -0.15) is 0 Å². The lowest BCUT2D eigenvalue weighted by atomic mass is 9.78. The molecule has 0 aliphatic carbocycles. The number of aryl methyl sites for hydroxylation is 2. The lowest BCUT2D eigenvalue weighted by Gasteiger charge is -2.33. The number of cyclic esters (lactones) is 1. The molecule has 5 heterocycles. The van der Waals surface area contributed by atoms with Gasteiger partial charge in [0.05, 0.1) is 5.52 Å². The van der Waals surface area contributed by atoms with E-state index in [9.17, 15) is 4.79 Å². The van der Waals surface area contributed by atoms with Crippen molar-refractivity contribution in [3.05, 3.63) is 100 Å². The summed E-state index contributed by atoms with van der Waals surface area (Å²) in [5, 5.41) is 0. The van der Waals surface area contributed by atoms with Gasteiger partial charge in [0, 0.05) is 54.1 Å². The second-order valence-electron chi connectivity index (χ2n) is 8.88. The van der Waals surface area contributed by atoms with Crippen LogP contribution < -0.4 is 4.90 Å². The SMILES string of the molecule is Cc1c(C2(c3ccc4c(c3)CCCN4C)OC(=O)c3ncccc32)c2ccccn2c1C. The Bertz CT molecular complexity index is 1400. The molecule has 1 aromatic carbocycles. The number of ether oxygens (including phenoxy) is 1. The first-order valence-electron chi connectivity index (χ1n) is 11.1. The van der Waals surface area contributed by atoms with Gasteiger partial charge in [0.1, 0.15) is 0 Å². The highest BCUT2D eigenvalue weighted by molar-refractivity contribution is 5.95. The van der Waals surface area contributed by atoms with Gasteiger partial charge in [-0.15, -0.1) is 0 Å². The molecule has 5 nitrogen and oxygen atoms in total. The Balaban J connectivity index is 1.72. The van der Waals surface area contributed by atoms with Crippen LogP contribution in [-0.2, 0) is 16.8 Å². The van der Waals surface area contributed by atoms with Gasteiger partial charge >= 0.3 is 5.97 Å². The van der Waals surface area contributed by atoms with Gasteiger partial charge in [0.15, 0.2) is 11.3 Å². The molecule has 0 bridgehead atoms. The van der Waals surface area contributed by atoms with Crippen LogP contribution in [0, 0.1) is 13.8 Å². The minimum absolute atomic E-state index is 0.372. The molecule has 0 fully saturated rings. The Kier molecular flexibility index (Phi) is 4.00. The number of esters is 1. The van der Waals surface area contributed by atoms with Crippen molar-refractivity contribution >= 4 is 17.2 Å². The van der Waals surface area contributed by atoms with Crippen molar-refractivity contribution in [3.8, 4) is 0 Å². The van der Waals surface area contributed by atoms with Crippen LogP contribution in [0.25, 0.3) is 5.52 Å². The van der Waals surface area contributed by atoms with Crippen molar-refractivity contribution in [2.45, 2.75) is 32.3 Å². The van der Waals surface area contributed by atoms with Gasteiger partial charge < -0.3 is 14.0 Å². The molecule has 2 aliphatic rings. The van der Waals surface area contributed by atoms with Crippen molar-refractivity contribution in [1.82, 2.24) is 9.38 Å². The first-order valence-corrected chi connectivity index (χ1v) is 11.1. The zero-order chi connectivity index (χ0) is 22.0. The molecule has 5 heteroatoms. The molecule has 0 N–H and O–H groups in total. The molecule has 0 amide bonds. The largest absolute Gasteiger partial charge is 0.439 e. The Morgan fingerprint density at radius 1 is 1.09 bits per heavy atom. The highest BCUT2D eigenvalue weighted by Crippen LogP contribution is 2.50. The normalized spacial score (nSPS) is 19.7. The van der Waals surface area contributed by atoms with Gasteiger partial charge in [-0.1, -0.05) is 18.2 Å². The number of anilines is 1. The van der Waals surface area contributed by atoms with E-state index in [2.05, 4.69) is 65.6 Å². The van der Waals surface area contributed by atoms with Crippen molar-refractivity contribution in [2.24, 2.45) is 0 Å². The Morgan fingerprint density at radius 2 is 1.97 bits per heavy atom. The third kappa shape index (κ3) is 2.39. The first-order chi connectivity index (χ1) is 15.5. The number of carbonyl (C=O) groups is 1. The summed E-state index contributed by atoms with van der Waals surface area (Å²) >= 11 is 0. The maximum atomic E-state index is 13.1. The van der Waals surface area contributed by atoms with Gasteiger partial charge in [-0.3, -0.25) is 0 Å². The summed E-state index contributed by atoms with van der Waals surface area (Å²) in [5.41, 5.74) is 8.02. The predicted molar refractivity (Wildman–Crippen MR) is 124 cm³/mol. The molecule has 4 aromatic rings. The molecule has 0 radical (unpaired) electrons. The molecule has 0 saturated carbocycles. The second-order valence-corrected chi connectivity index (χ2v) is 8.88. The van der Waals surface area contributed by atoms with Crippen LogP contribution in [0.4, 0.5) is 5.69 Å². The maximum absolute atomic E-state index is 13.1. The van der Waals surface area contributed by atoms with E-state index in [0.717, 1.165) is 52.9 Å². The van der Waals surface area contributed by atoms with Gasteiger partial charge in [0.25, 0.3) is 0 Å². The van der Waals surface area contributed by atoms with Crippen LogP contribution >= 0.6 is 0 Å². The number of aromatic nitrogens is 2. The molecular weight excluding hydrogens is 398 g/mol. The van der Waals surface area contributed by atoms with Crippen LogP contribution in [0.15, 0.2) is 60.9 Å². The van der Waals surface area contributed by atoms with Crippen molar-refractivity contribution < 1.29 is 9.53 Å². The summed E-state index contributed by atoms with van der Waals surface area (Å²) in [5.74, 6) is -0.372. The Hall–Kier alpha value is -3.60. The number of hydrogen-bond donors (Lipinski definition) is 0. The van der Waals surface area contributed by atoms with Crippen LogP contribution in [0.3, 0.4) is 0 Å². The minimum Gasteiger partial charge on any atom is -0.439 e. The Morgan fingerprint density at radius 3 is 2.84 bits per heavy atom. The quantitative estimate of drug-likeness (QED) is 0.435. The number of carbonyl (C=O) groups excluding carboxylic acids is 1. The van der Waals surface area contributed by atoms with E-state index in [1.807, 2.05) is 24.3 Å². The fourth-order valence-corrected chi connectivity index (χ4v) is 5.58. The number of benzene rings is 1. The van der Waals surface area contributed by atoms with Gasteiger partial charge in [-0.05, 0) is 68.1 Å². The fraction of sp³-hybridized carbons (Fsp3) is 0.259. The van der Waals surface area contributed by atoms with Crippen LogP contribution in [0.2, 0.25) is 0 Å². The number of nitrogens with zero attached hydrogens (tertiary/aromatic N) is 3. The number of pyridine rings is 2. The molecule has 32 heavy (non-hydrogen) atoms. The highest BCUT2D eigenvalue weighted by Gasteiger charge is 2.52. The number of rotatable bonds is 2. The summed E-state index contributed by atoms with van der Waals surface area (Å²) in [7, 11) is 2.14. The average molecular weight is 424 g/mol. The molecule has 0 spiro atoms. The molecule has 1 unspecified atom stereocenters. The van der Waals surface area contributed by atoms with Crippen LogP contribution in [-0.4, -0.2) is 28.9 Å². The van der Waals surface area contributed by atoms with Gasteiger partial charge in [0.2, 0.25) is 0 Å². The average Bonchev–Trinajstić information content (AvgIpc) is 3.26. The van der Waals surface area contributed by atoms with E-state index in [1.165, 1.54) is 11.3 Å². The van der Waals surface area contributed by atoms with Crippen LogP contribution in [0.5, 0.6) is 0 Å². The van der Waals surface area contributed by atoms with Crippen molar-refractivity contribution in [2.75, 3.05) is 18.5 Å². The first kappa shape index (κ1) is 19.1. The molecule has 1 atom stereocenters. The monoisotopic (exact) mass is 423 g/mol. The van der Waals surface area contributed by atoms with Crippen molar-refractivity contribution in [1.29, 1.82) is 0 Å². The Labute approximate surface area is 187 Å². The predicted octanol–water partition coefficient (Wildman–Crippen LogP) is 4.80. The molecule has 3 aromatic heterocycles. The second kappa shape index (κ2) is 6.70. The van der Waals surface area contributed by atoms with Gasteiger partial charge in [-0.25, -0.2) is 9.78 Å². The lowest BCUT2D eigenvalue weighted by Crippen LogP contribution is -2.31. The standard InChI is InChI=1S/C27H25N3O2/c1-17-18(2)30-15-5-4-10-23(30)24(17)27(21-9-6-13-28-25(21)26(31)32-27)20-11-12-22-19(16-20)8-7-14-29(22)3/h4-6,9-13,15-16H,7-8,14H2,1-3H3. The van der Waals surface area contributed by atoms with Crippen LogP contribution in [0.1, 0.15) is 50.4 Å². The summed E-state index contributed by atoms with van der Waals surface area (Å²) in [4.78, 5) is 19.8. The third-order valence-electron chi connectivity index (χ3n) is 7.21. The summed E-state index contributed by atoms with van der Waals surface area (Å²) in [6, 6.07) is 16.6. The fourth-order valence-electron chi connectivity index (χ4n) is 5.58. The topological polar surface area (TPSA) is 46.8 Å². The molecule has 0 saturated heterocycles. The maximum Gasteiger partial charge on any atom is 0.358 e.